The lowest BCUT2D eigenvalue weighted by Crippen LogP contribution is -1.96. The second-order valence-electron chi connectivity index (χ2n) is 4.23. The predicted octanol–water partition coefficient (Wildman–Crippen LogP) is 3.08. The first-order valence-corrected chi connectivity index (χ1v) is 5.57. The Hall–Kier alpha value is -1.90. The molecule has 0 aliphatic carbocycles. The molecule has 0 amide bonds. The van der Waals surface area contributed by atoms with E-state index in [2.05, 4.69) is 43.1 Å². The molecule has 0 aliphatic rings. The summed E-state index contributed by atoms with van der Waals surface area (Å²) in [7, 11) is 1.59. The van der Waals surface area contributed by atoms with Gasteiger partial charge in [-0.1, -0.05) is 17.7 Å². The molecule has 2 aromatic rings. The molecule has 0 radical (unpaired) electrons. The van der Waals surface area contributed by atoms with Crippen molar-refractivity contribution in [1.29, 1.82) is 0 Å². The largest absolute Gasteiger partial charge is 0.480 e. The van der Waals surface area contributed by atoms with Crippen molar-refractivity contribution >= 4 is 0 Å². The van der Waals surface area contributed by atoms with Crippen LogP contribution >= 0.6 is 0 Å². The van der Waals surface area contributed by atoms with Crippen molar-refractivity contribution in [2.75, 3.05) is 7.11 Å². The summed E-state index contributed by atoms with van der Waals surface area (Å²) in [6.45, 7) is 6.30. The fraction of sp³-hybridized carbons (Fsp3) is 0.286. The van der Waals surface area contributed by atoms with Gasteiger partial charge in [-0.15, -0.1) is 10.2 Å². The standard InChI is InChI=1S/C14H16N2O/c1-9-7-10(2)14(11(3)8-9)12-5-6-13(17-4)16-15-12/h5-8H,1-4H3. The normalized spacial score (nSPS) is 10.4. The van der Waals surface area contributed by atoms with Crippen LogP contribution in [0.3, 0.4) is 0 Å². The fourth-order valence-corrected chi connectivity index (χ4v) is 2.15. The second kappa shape index (κ2) is 4.53. The Morgan fingerprint density at radius 1 is 0.941 bits per heavy atom. The molecule has 1 aromatic carbocycles. The number of benzene rings is 1. The van der Waals surface area contributed by atoms with Gasteiger partial charge in [0.05, 0.1) is 12.8 Å². The lowest BCUT2D eigenvalue weighted by Gasteiger charge is -2.10. The molecule has 0 unspecified atom stereocenters. The van der Waals surface area contributed by atoms with Crippen molar-refractivity contribution < 1.29 is 4.74 Å². The Kier molecular flexibility index (Phi) is 3.09. The topological polar surface area (TPSA) is 35.0 Å². The fourth-order valence-electron chi connectivity index (χ4n) is 2.15. The van der Waals surface area contributed by atoms with Crippen LogP contribution in [0.2, 0.25) is 0 Å². The van der Waals surface area contributed by atoms with Gasteiger partial charge in [-0.3, -0.25) is 0 Å². The molecule has 88 valence electrons. The quantitative estimate of drug-likeness (QED) is 0.792. The zero-order chi connectivity index (χ0) is 12.4. The van der Waals surface area contributed by atoms with Gasteiger partial charge in [0.2, 0.25) is 5.88 Å². The van der Waals surface area contributed by atoms with E-state index in [9.17, 15) is 0 Å². The van der Waals surface area contributed by atoms with Gasteiger partial charge in [0, 0.05) is 11.6 Å². The van der Waals surface area contributed by atoms with Gasteiger partial charge in [-0.2, -0.15) is 0 Å². The Bertz CT molecular complexity index is 509. The summed E-state index contributed by atoms with van der Waals surface area (Å²) in [5.41, 5.74) is 5.76. The van der Waals surface area contributed by atoms with E-state index in [1.165, 1.54) is 16.7 Å². The van der Waals surface area contributed by atoms with E-state index in [4.69, 9.17) is 4.74 Å². The van der Waals surface area contributed by atoms with Crippen LogP contribution in [0.1, 0.15) is 16.7 Å². The van der Waals surface area contributed by atoms with Crippen LogP contribution < -0.4 is 4.74 Å². The molecule has 0 bridgehead atoms. The Labute approximate surface area is 101 Å². The van der Waals surface area contributed by atoms with E-state index in [1.54, 1.807) is 7.11 Å². The minimum Gasteiger partial charge on any atom is -0.480 e. The lowest BCUT2D eigenvalue weighted by molar-refractivity contribution is 0.392. The van der Waals surface area contributed by atoms with Gasteiger partial charge in [0.25, 0.3) is 0 Å². The van der Waals surface area contributed by atoms with Crippen LogP contribution in [0.15, 0.2) is 24.3 Å². The number of ether oxygens (including phenoxy) is 1. The molecule has 0 atom stereocenters. The molecule has 1 aromatic heterocycles. The molecule has 17 heavy (non-hydrogen) atoms. The first-order chi connectivity index (χ1) is 8.11. The molecule has 0 aliphatic heterocycles. The molecular weight excluding hydrogens is 212 g/mol. The number of rotatable bonds is 2. The van der Waals surface area contributed by atoms with Gasteiger partial charge < -0.3 is 4.74 Å². The summed E-state index contributed by atoms with van der Waals surface area (Å²) in [5.74, 6) is 0.538. The maximum atomic E-state index is 5.01. The molecule has 3 nitrogen and oxygen atoms in total. The van der Waals surface area contributed by atoms with Crippen LogP contribution in [0, 0.1) is 20.8 Å². The van der Waals surface area contributed by atoms with E-state index in [0.29, 0.717) is 5.88 Å². The van der Waals surface area contributed by atoms with Crippen LogP contribution in [0.4, 0.5) is 0 Å². The van der Waals surface area contributed by atoms with Crippen molar-refractivity contribution in [3.05, 3.63) is 41.0 Å². The Morgan fingerprint density at radius 3 is 2.06 bits per heavy atom. The smallest absolute Gasteiger partial charge is 0.233 e. The first-order valence-electron chi connectivity index (χ1n) is 5.57. The number of nitrogens with zero attached hydrogens (tertiary/aromatic N) is 2. The van der Waals surface area contributed by atoms with Crippen LogP contribution in [0.25, 0.3) is 11.3 Å². The van der Waals surface area contributed by atoms with Crippen LogP contribution in [-0.4, -0.2) is 17.3 Å². The SMILES string of the molecule is COc1ccc(-c2c(C)cc(C)cc2C)nn1. The third-order valence-corrected chi connectivity index (χ3v) is 2.78. The first kappa shape index (κ1) is 11.6. The summed E-state index contributed by atoms with van der Waals surface area (Å²) < 4.78 is 5.01. The number of hydrogen-bond acceptors (Lipinski definition) is 3. The molecule has 0 spiro atoms. The summed E-state index contributed by atoms with van der Waals surface area (Å²) in [6, 6.07) is 8.10. The van der Waals surface area contributed by atoms with Crippen LogP contribution in [-0.2, 0) is 0 Å². The number of methoxy groups -OCH3 is 1. The van der Waals surface area contributed by atoms with Gasteiger partial charge in [0.15, 0.2) is 0 Å². The molecular formula is C14H16N2O. The zero-order valence-electron chi connectivity index (χ0n) is 10.6. The third-order valence-electron chi connectivity index (χ3n) is 2.78. The van der Waals surface area contributed by atoms with Crippen molar-refractivity contribution in [2.45, 2.75) is 20.8 Å². The van der Waals surface area contributed by atoms with E-state index in [0.717, 1.165) is 11.3 Å². The number of hydrogen-bond donors (Lipinski definition) is 0. The van der Waals surface area contributed by atoms with Gasteiger partial charge in [0.1, 0.15) is 0 Å². The second-order valence-corrected chi connectivity index (χ2v) is 4.23. The van der Waals surface area contributed by atoms with E-state index in [-0.39, 0.29) is 0 Å². The molecule has 0 saturated carbocycles. The molecule has 1 heterocycles. The lowest BCUT2D eigenvalue weighted by atomic mass is 9.97. The Morgan fingerprint density at radius 2 is 1.59 bits per heavy atom. The van der Waals surface area contributed by atoms with E-state index >= 15 is 0 Å². The summed E-state index contributed by atoms with van der Waals surface area (Å²) >= 11 is 0. The summed E-state index contributed by atoms with van der Waals surface area (Å²) in [4.78, 5) is 0. The molecule has 3 heteroatoms. The van der Waals surface area contributed by atoms with Crippen LogP contribution in [0.5, 0.6) is 5.88 Å². The minimum atomic E-state index is 0.538. The minimum absolute atomic E-state index is 0.538. The number of aromatic nitrogens is 2. The highest BCUT2D eigenvalue weighted by molar-refractivity contribution is 5.67. The van der Waals surface area contributed by atoms with E-state index < -0.39 is 0 Å². The predicted molar refractivity (Wildman–Crippen MR) is 68.2 cm³/mol. The highest BCUT2D eigenvalue weighted by atomic mass is 16.5. The van der Waals surface area contributed by atoms with Gasteiger partial charge in [-0.25, -0.2) is 0 Å². The average molecular weight is 228 g/mol. The monoisotopic (exact) mass is 228 g/mol. The molecule has 0 fully saturated rings. The average Bonchev–Trinajstić information content (AvgIpc) is 2.28. The van der Waals surface area contributed by atoms with Crippen molar-refractivity contribution in [2.24, 2.45) is 0 Å². The maximum absolute atomic E-state index is 5.01. The summed E-state index contributed by atoms with van der Waals surface area (Å²) in [6.07, 6.45) is 0. The highest BCUT2D eigenvalue weighted by Gasteiger charge is 2.08. The van der Waals surface area contributed by atoms with E-state index in [1.807, 2.05) is 12.1 Å². The molecule has 2 rings (SSSR count). The highest BCUT2D eigenvalue weighted by Crippen LogP contribution is 2.26. The maximum Gasteiger partial charge on any atom is 0.233 e. The summed E-state index contributed by atoms with van der Waals surface area (Å²) in [5, 5.41) is 8.20. The zero-order valence-corrected chi connectivity index (χ0v) is 10.6. The van der Waals surface area contributed by atoms with Crippen molar-refractivity contribution in [3.8, 4) is 17.1 Å². The molecule has 0 saturated heterocycles. The van der Waals surface area contributed by atoms with Gasteiger partial charge >= 0.3 is 0 Å². The molecule has 0 N–H and O–H groups in total. The van der Waals surface area contributed by atoms with Crippen molar-refractivity contribution in [3.63, 3.8) is 0 Å². The van der Waals surface area contributed by atoms with Gasteiger partial charge in [-0.05, 0) is 38.0 Å². The third kappa shape index (κ3) is 2.28. The Balaban J connectivity index is 2.52. The number of aryl methyl sites for hydroxylation is 3. The van der Waals surface area contributed by atoms with Crippen molar-refractivity contribution in [1.82, 2.24) is 10.2 Å².